The lowest BCUT2D eigenvalue weighted by Crippen LogP contribution is -2.54. The van der Waals surface area contributed by atoms with Crippen LogP contribution in [0.15, 0.2) is 61.1 Å². The van der Waals surface area contributed by atoms with Crippen molar-refractivity contribution in [1.82, 2.24) is 30.1 Å². The van der Waals surface area contributed by atoms with Crippen LogP contribution in [0.2, 0.25) is 0 Å². The van der Waals surface area contributed by atoms with E-state index >= 15 is 0 Å². The molecule has 1 amide bonds. The van der Waals surface area contributed by atoms with E-state index in [1.54, 1.807) is 16.9 Å². The molecule has 5 aromatic rings. The van der Waals surface area contributed by atoms with E-state index in [0.717, 1.165) is 34.2 Å². The largest absolute Gasteiger partial charge is 0.492 e. The lowest BCUT2D eigenvalue weighted by Gasteiger charge is -2.37. The number of carbonyl (C=O) groups is 1. The summed E-state index contributed by atoms with van der Waals surface area (Å²) >= 11 is 0. The molecule has 1 saturated heterocycles. The van der Waals surface area contributed by atoms with Crippen LogP contribution >= 0.6 is 0 Å². The minimum absolute atomic E-state index is 0.153. The molecule has 3 N–H and O–H groups in total. The van der Waals surface area contributed by atoms with Crippen molar-refractivity contribution >= 4 is 28.3 Å². The molecule has 1 aromatic carbocycles. The van der Waals surface area contributed by atoms with E-state index in [4.69, 9.17) is 4.74 Å². The highest BCUT2D eigenvalue weighted by Gasteiger charge is 2.36. The second kappa shape index (κ2) is 10.4. The SMILES string of the molecule is CCOc1cc(-c2ccc(N3CC[C@H](NC(=O)c4ccccc4C(F)(F)F)[C@H](O)C3)nc2)c2c3cn[nH]c3nn2c1. The second-order valence-corrected chi connectivity index (χ2v) is 9.78. The van der Waals surface area contributed by atoms with Crippen molar-refractivity contribution in [3.05, 3.63) is 72.2 Å². The van der Waals surface area contributed by atoms with Gasteiger partial charge in [0.05, 0.1) is 53.2 Å². The van der Waals surface area contributed by atoms with Gasteiger partial charge in [-0.3, -0.25) is 9.89 Å². The van der Waals surface area contributed by atoms with Crippen molar-refractivity contribution in [3.8, 4) is 16.9 Å². The molecule has 1 fully saturated rings. The molecular formula is C28H26F3N7O3. The van der Waals surface area contributed by atoms with E-state index < -0.39 is 35.4 Å². The zero-order chi connectivity index (χ0) is 28.7. The average molecular weight is 566 g/mol. The van der Waals surface area contributed by atoms with Gasteiger partial charge in [0.1, 0.15) is 11.6 Å². The predicted molar refractivity (Wildman–Crippen MR) is 145 cm³/mol. The Kier molecular flexibility index (Phi) is 6.73. The smallest absolute Gasteiger partial charge is 0.417 e. The molecule has 41 heavy (non-hydrogen) atoms. The maximum Gasteiger partial charge on any atom is 0.417 e. The number of aromatic nitrogens is 5. The molecule has 0 spiro atoms. The third-order valence-electron chi connectivity index (χ3n) is 7.17. The van der Waals surface area contributed by atoms with Crippen molar-refractivity contribution in [2.45, 2.75) is 31.7 Å². The summed E-state index contributed by atoms with van der Waals surface area (Å²) in [4.78, 5) is 19.2. The van der Waals surface area contributed by atoms with Crippen molar-refractivity contribution in [2.75, 3.05) is 24.6 Å². The minimum atomic E-state index is -4.66. The molecule has 0 saturated carbocycles. The van der Waals surface area contributed by atoms with Gasteiger partial charge in [0, 0.05) is 30.4 Å². The first-order chi connectivity index (χ1) is 19.7. The van der Waals surface area contributed by atoms with Crippen molar-refractivity contribution in [1.29, 1.82) is 0 Å². The first-order valence-electron chi connectivity index (χ1n) is 13.1. The molecule has 6 rings (SSSR count). The fraction of sp³-hybridized carbons (Fsp3) is 0.286. The molecule has 2 atom stereocenters. The topological polar surface area (TPSA) is 121 Å². The number of β-amino-alcohol motifs (C(OH)–C–C–N with tert-alkyl or cyclic N) is 1. The number of amides is 1. The summed E-state index contributed by atoms with van der Waals surface area (Å²) in [6.07, 6.45) is -0.0779. The number of piperidine rings is 1. The van der Waals surface area contributed by atoms with Crippen LogP contribution in [0.1, 0.15) is 29.3 Å². The number of nitrogens with one attached hydrogen (secondary N) is 2. The summed E-state index contributed by atoms with van der Waals surface area (Å²) in [6, 6.07) is 9.59. The number of ether oxygens (including phenoxy) is 1. The van der Waals surface area contributed by atoms with Crippen LogP contribution in [0.3, 0.4) is 0 Å². The molecule has 10 nitrogen and oxygen atoms in total. The monoisotopic (exact) mass is 565 g/mol. The van der Waals surface area contributed by atoms with Crippen LogP contribution in [0.25, 0.3) is 27.7 Å². The van der Waals surface area contributed by atoms with Gasteiger partial charge in [0.15, 0.2) is 5.65 Å². The van der Waals surface area contributed by atoms with Gasteiger partial charge in [-0.15, -0.1) is 5.10 Å². The van der Waals surface area contributed by atoms with Crippen LogP contribution in [0, 0.1) is 0 Å². The number of H-pyrrole nitrogens is 1. The van der Waals surface area contributed by atoms with Gasteiger partial charge in [-0.1, -0.05) is 12.1 Å². The van der Waals surface area contributed by atoms with Crippen molar-refractivity contribution < 1.29 is 27.8 Å². The number of aromatic amines is 1. The van der Waals surface area contributed by atoms with E-state index in [2.05, 4.69) is 25.6 Å². The van der Waals surface area contributed by atoms with E-state index in [9.17, 15) is 23.1 Å². The summed E-state index contributed by atoms with van der Waals surface area (Å²) < 4.78 is 47.5. The Balaban J connectivity index is 1.19. The van der Waals surface area contributed by atoms with Crippen LogP contribution < -0.4 is 15.0 Å². The van der Waals surface area contributed by atoms with Crippen LogP contribution in [0.4, 0.5) is 19.0 Å². The Morgan fingerprint density at radius 1 is 1.22 bits per heavy atom. The number of alkyl halides is 3. The Hall–Kier alpha value is -4.65. The highest BCUT2D eigenvalue weighted by molar-refractivity contribution is 6.01. The van der Waals surface area contributed by atoms with Crippen LogP contribution in [-0.4, -0.2) is 67.7 Å². The van der Waals surface area contributed by atoms with Gasteiger partial charge >= 0.3 is 6.18 Å². The molecule has 1 aliphatic rings. The molecule has 0 aliphatic carbocycles. The third kappa shape index (κ3) is 5.04. The molecule has 0 unspecified atom stereocenters. The lowest BCUT2D eigenvalue weighted by molar-refractivity contribution is -0.137. The number of pyridine rings is 2. The summed E-state index contributed by atoms with van der Waals surface area (Å²) in [5.41, 5.74) is 1.71. The number of anilines is 1. The quantitative estimate of drug-likeness (QED) is 0.284. The number of aliphatic hydroxyl groups is 1. The average Bonchev–Trinajstić information content (AvgIpc) is 3.55. The Morgan fingerprint density at radius 3 is 2.78 bits per heavy atom. The maximum absolute atomic E-state index is 13.4. The summed E-state index contributed by atoms with van der Waals surface area (Å²) in [7, 11) is 0. The number of nitrogens with zero attached hydrogens (tertiary/aromatic N) is 5. The summed E-state index contributed by atoms with van der Waals surface area (Å²) in [6.45, 7) is 3.00. The van der Waals surface area contributed by atoms with E-state index in [1.807, 2.05) is 36.2 Å². The summed E-state index contributed by atoms with van der Waals surface area (Å²) in [5, 5.41) is 25.7. The fourth-order valence-corrected chi connectivity index (χ4v) is 5.22. The number of halogens is 3. The van der Waals surface area contributed by atoms with Gasteiger partial charge in [-0.25, -0.2) is 9.50 Å². The number of hydrogen-bond donors (Lipinski definition) is 3. The van der Waals surface area contributed by atoms with Gasteiger partial charge in [-0.2, -0.15) is 18.3 Å². The normalized spacial score (nSPS) is 17.7. The van der Waals surface area contributed by atoms with Crippen molar-refractivity contribution in [2.24, 2.45) is 0 Å². The zero-order valence-electron chi connectivity index (χ0n) is 21.9. The number of carbonyl (C=O) groups excluding carboxylic acids is 1. The second-order valence-electron chi connectivity index (χ2n) is 9.78. The number of rotatable bonds is 6. The highest BCUT2D eigenvalue weighted by Crippen LogP contribution is 2.34. The predicted octanol–water partition coefficient (Wildman–Crippen LogP) is 4.06. The lowest BCUT2D eigenvalue weighted by atomic mass is 10.00. The first kappa shape index (κ1) is 26.6. The number of aliphatic hydroxyl groups excluding tert-OH is 1. The molecule has 4 aromatic heterocycles. The molecule has 0 bridgehead atoms. The minimum Gasteiger partial charge on any atom is -0.492 e. The van der Waals surface area contributed by atoms with Crippen LogP contribution in [-0.2, 0) is 6.18 Å². The van der Waals surface area contributed by atoms with E-state index in [0.29, 0.717) is 36.8 Å². The van der Waals surface area contributed by atoms with Gasteiger partial charge < -0.3 is 20.1 Å². The zero-order valence-corrected chi connectivity index (χ0v) is 21.9. The molecule has 212 valence electrons. The Bertz CT molecular complexity index is 1720. The van der Waals surface area contributed by atoms with E-state index in [-0.39, 0.29) is 6.54 Å². The number of benzene rings is 1. The standard InChI is InChI=1S/C28H26F3N7O3/c1-2-41-17-11-19(25-20-13-33-35-26(20)36-38(25)14-17)16-7-8-24(32-12-16)37-10-9-22(23(39)15-37)34-27(40)18-5-3-4-6-21(18)28(29,30)31/h3-8,11-14,22-23,39H,2,9-10,15H2,1H3,(H,34,40)(H,35,36)/t22-,23+/m0/s1. The highest BCUT2D eigenvalue weighted by atomic mass is 19.4. The molecule has 1 aliphatic heterocycles. The first-order valence-corrected chi connectivity index (χ1v) is 13.1. The maximum atomic E-state index is 13.4. The van der Waals surface area contributed by atoms with Crippen LogP contribution in [0.5, 0.6) is 5.75 Å². The van der Waals surface area contributed by atoms with Gasteiger partial charge in [0.25, 0.3) is 5.91 Å². The fourth-order valence-electron chi connectivity index (χ4n) is 5.22. The summed E-state index contributed by atoms with van der Waals surface area (Å²) in [5.74, 6) is 0.409. The third-order valence-corrected chi connectivity index (χ3v) is 7.17. The molecule has 0 radical (unpaired) electrons. The molecule has 5 heterocycles. The van der Waals surface area contributed by atoms with Crippen molar-refractivity contribution in [3.63, 3.8) is 0 Å². The number of hydrogen-bond acceptors (Lipinski definition) is 7. The Morgan fingerprint density at radius 2 is 2.05 bits per heavy atom. The van der Waals surface area contributed by atoms with E-state index in [1.165, 1.54) is 12.1 Å². The molecular weight excluding hydrogens is 539 g/mol. The van der Waals surface area contributed by atoms with Gasteiger partial charge in [-0.05, 0) is 43.7 Å². The Labute approximate surface area is 231 Å². The number of fused-ring (bicyclic) bond motifs is 3. The molecule has 13 heteroatoms. The van der Waals surface area contributed by atoms with Gasteiger partial charge in [0.2, 0.25) is 0 Å².